The lowest BCUT2D eigenvalue weighted by molar-refractivity contribution is -0.137. The Bertz CT molecular complexity index is 693. The molecule has 0 saturated carbocycles. The summed E-state index contributed by atoms with van der Waals surface area (Å²) in [6.45, 7) is 3.58. The van der Waals surface area contributed by atoms with Crippen molar-refractivity contribution in [2.75, 3.05) is 5.32 Å². The fraction of sp³-hybridized carbons (Fsp3) is 0.389. The molecule has 0 fully saturated rings. The average Bonchev–Trinajstić information content (AvgIpc) is 2.94. The molecular formula is C18H23N3O3. The van der Waals surface area contributed by atoms with Crippen LogP contribution in [0.5, 0.6) is 0 Å². The number of carboxylic acids is 1. The van der Waals surface area contributed by atoms with Gasteiger partial charge in [-0.05, 0) is 24.8 Å². The molecule has 1 heterocycles. The molecule has 0 atom stereocenters. The summed E-state index contributed by atoms with van der Waals surface area (Å²) in [5.74, 6) is -0.717. The zero-order valence-electron chi connectivity index (χ0n) is 14.0. The molecule has 1 amide bonds. The topological polar surface area (TPSA) is 84.2 Å². The van der Waals surface area contributed by atoms with Crippen LogP contribution in [0.15, 0.2) is 42.6 Å². The second kappa shape index (κ2) is 7.77. The van der Waals surface area contributed by atoms with Gasteiger partial charge in [-0.25, -0.2) is 0 Å². The van der Waals surface area contributed by atoms with E-state index in [1.807, 2.05) is 32.0 Å². The Morgan fingerprint density at radius 2 is 1.92 bits per heavy atom. The van der Waals surface area contributed by atoms with Crippen LogP contribution >= 0.6 is 0 Å². The van der Waals surface area contributed by atoms with E-state index in [1.165, 1.54) is 16.4 Å². The van der Waals surface area contributed by atoms with Crippen molar-refractivity contribution >= 4 is 17.7 Å². The number of carboxylic acid groups (broad SMARTS) is 1. The van der Waals surface area contributed by atoms with Gasteiger partial charge < -0.3 is 10.4 Å². The second-order valence-electron chi connectivity index (χ2n) is 6.47. The number of benzene rings is 1. The van der Waals surface area contributed by atoms with Crippen LogP contribution in [0.25, 0.3) is 0 Å². The Hall–Kier alpha value is -2.63. The lowest BCUT2D eigenvalue weighted by Gasteiger charge is -2.22. The van der Waals surface area contributed by atoms with Crippen molar-refractivity contribution in [3.05, 3.63) is 48.2 Å². The number of carbonyl (C=O) groups excluding carboxylic acids is 1. The van der Waals surface area contributed by atoms with E-state index in [9.17, 15) is 9.59 Å². The molecule has 2 N–H and O–H groups in total. The third-order valence-electron chi connectivity index (χ3n) is 3.90. The molecule has 0 aliphatic rings. The molecule has 0 aliphatic heterocycles. The van der Waals surface area contributed by atoms with Crippen molar-refractivity contribution in [1.29, 1.82) is 0 Å². The van der Waals surface area contributed by atoms with Gasteiger partial charge >= 0.3 is 5.97 Å². The lowest BCUT2D eigenvalue weighted by Crippen LogP contribution is -2.31. The van der Waals surface area contributed by atoms with Crippen LogP contribution < -0.4 is 5.32 Å². The number of aryl methyl sites for hydroxylation is 1. The summed E-state index contributed by atoms with van der Waals surface area (Å²) in [6.07, 6.45) is 4.14. The maximum atomic E-state index is 12.4. The molecule has 0 radical (unpaired) electrons. The number of aromatic nitrogens is 2. The number of nitrogens with one attached hydrogen (secondary N) is 1. The van der Waals surface area contributed by atoms with Gasteiger partial charge in [0, 0.05) is 17.7 Å². The number of rotatable bonds is 8. The number of nitrogens with zero attached hydrogens (tertiary/aromatic N) is 2. The summed E-state index contributed by atoms with van der Waals surface area (Å²) >= 11 is 0. The van der Waals surface area contributed by atoms with E-state index in [-0.39, 0.29) is 12.5 Å². The Morgan fingerprint density at radius 1 is 1.21 bits per heavy atom. The van der Waals surface area contributed by atoms with E-state index in [2.05, 4.69) is 22.5 Å². The van der Waals surface area contributed by atoms with Crippen LogP contribution in [0, 0.1) is 5.41 Å². The van der Waals surface area contributed by atoms with Crippen LogP contribution in [0.1, 0.15) is 32.3 Å². The fourth-order valence-electron chi connectivity index (χ4n) is 2.43. The Labute approximate surface area is 141 Å². The highest BCUT2D eigenvalue weighted by Crippen LogP contribution is 2.25. The highest BCUT2D eigenvalue weighted by Gasteiger charge is 2.27. The third kappa shape index (κ3) is 5.22. The first-order chi connectivity index (χ1) is 11.4. The van der Waals surface area contributed by atoms with E-state index < -0.39 is 11.4 Å². The molecule has 0 saturated heterocycles. The summed E-state index contributed by atoms with van der Waals surface area (Å²) in [5, 5.41) is 15.5. The van der Waals surface area contributed by atoms with Crippen LogP contribution in [-0.4, -0.2) is 26.8 Å². The molecule has 0 aliphatic carbocycles. The van der Waals surface area contributed by atoms with Gasteiger partial charge in [0.1, 0.15) is 6.54 Å². The molecule has 128 valence electrons. The molecule has 2 aromatic rings. The smallest absolute Gasteiger partial charge is 0.325 e. The number of anilines is 1. The van der Waals surface area contributed by atoms with Gasteiger partial charge in [-0.3, -0.25) is 14.3 Å². The minimum atomic E-state index is -0.975. The second-order valence-corrected chi connectivity index (χ2v) is 6.47. The van der Waals surface area contributed by atoms with Crippen LogP contribution in [0.3, 0.4) is 0 Å². The number of hydrogen-bond acceptors (Lipinski definition) is 3. The molecule has 1 aromatic carbocycles. The average molecular weight is 329 g/mol. The Morgan fingerprint density at radius 3 is 2.58 bits per heavy atom. The van der Waals surface area contributed by atoms with Gasteiger partial charge in [0.15, 0.2) is 5.82 Å². The van der Waals surface area contributed by atoms with Crippen LogP contribution in [-0.2, 0) is 22.6 Å². The molecule has 6 nitrogen and oxygen atoms in total. The molecule has 0 unspecified atom stereocenters. The predicted molar refractivity (Wildman–Crippen MR) is 91.7 cm³/mol. The van der Waals surface area contributed by atoms with Crippen molar-refractivity contribution in [3.63, 3.8) is 0 Å². The largest absolute Gasteiger partial charge is 0.480 e. The molecule has 0 spiro atoms. The van der Waals surface area contributed by atoms with Gasteiger partial charge in [-0.2, -0.15) is 5.10 Å². The van der Waals surface area contributed by atoms with E-state index in [0.717, 1.165) is 19.3 Å². The number of aliphatic carboxylic acids is 1. The fourth-order valence-corrected chi connectivity index (χ4v) is 2.43. The van der Waals surface area contributed by atoms with Gasteiger partial charge in [-0.1, -0.05) is 44.2 Å². The summed E-state index contributed by atoms with van der Waals surface area (Å²) in [7, 11) is 0. The van der Waals surface area contributed by atoms with E-state index in [4.69, 9.17) is 5.11 Å². The molecule has 1 aromatic heterocycles. The van der Waals surface area contributed by atoms with Crippen molar-refractivity contribution < 1.29 is 14.7 Å². The van der Waals surface area contributed by atoms with Crippen LogP contribution in [0.2, 0.25) is 0 Å². The summed E-state index contributed by atoms with van der Waals surface area (Å²) in [6, 6.07) is 11.8. The summed E-state index contributed by atoms with van der Waals surface area (Å²) in [5.41, 5.74) is 0.742. The van der Waals surface area contributed by atoms with Crippen LogP contribution in [0.4, 0.5) is 5.82 Å². The predicted octanol–water partition coefficient (Wildman–Crippen LogP) is 2.96. The molecule has 24 heavy (non-hydrogen) atoms. The Kier molecular flexibility index (Phi) is 5.73. The molecule has 6 heteroatoms. The minimum Gasteiger partial charge on any atom is -0.480 e. The van der Waals surface area contributed by atoms with Crippen molar-refractivity contribution in [3.8, 4) is 0 Å². The maximum Gasteiger partial charge on any atom is 0.325 e. The van der Waals surface area contributed by atoms with Crippen molar-refractivity contribution in [2.24, 2.45) is 5.41 Å². The highest BCUT2D eigenvalue weighted by atomic mass is 16.4. The van der Waals surface area contributed by atoms with E-state index >= 15 is 0 Å². The Balaban J connectivity index is 1.85. The first-order valence-electron chi connectivity index (χ1n) is 7.97. The number of hydrogen-bond donors (Lipinski definition) is 2. The van der Waals surface area contributed by atoms with Gasteiger partial charge in [0.25, 0.3) is 0 Å². The van der Waals surface area contributed by atoms with Gasteiger partial charge in [0.2, 0.25) is 5.91 Å². The van der Waals surface area contributed by atoms with Crippen molar-refractivity contribution in [1.82, 2.24) is 9.78 Å². The zero-order valence-corrected chi connectivity index (χ0v) is 14.0. The first kappa shape index (κ1) is 17.7. The maximum absolute atomic E-state index is 12.4. The van der Waals surface area contributed by atoms with E-state index in [0.29, 0.717) is 5.82 Å². The normalized spacial score (nSPS) is 11.2. The van der Waals surface area contributed by atoms with Gasteiger partial charge in [0.05, 0.1) is 0 Å². The molecular weight excluding hydrogens is 306 g/mol. The standard InChI is InChI=1S/C18H23N3O3/c1-18(2,11-6-9-14-7-4-3-5-8-14)17(24)19-15-10-12-21(20-15)13-16(22)23/h3-5,7-8,10,12H,6,9,11,13H2,1-2H3,(H,22,23)(H,19,20,24). The zero-order chi connectivity index (χ0) is 17.6. The summed E-state index contributed by atoms with van der Waals surface area (Å²) in [4.78, 5) is 23.1. The SMILES string of the molecule is CC(C)(CCCc1ccccc1)C(=O)Nc1ccn(CC(=O)O)n1. The number of carbonyl (C=O) groups is 2. The highest BCUT2D eigenvalue weighted by molar-refractivity contribution is 5.93. The first-order valence-corrected chi connectivity index (χ1v) is 7.97. The minimum absolute atomic E-state index is 0.115. The van der Waals surface area contributed by atoms with Crippen molar-refractivity contribution in [2.45, 2.75) is 39.7 Å². The van der Waals surface area contributed by atoms with E-state index in [1.54, 1.807) is 6.07 Å². The molecule has 2 rings (SSSR count). The quantitative estimate of drug-likeness (QED) is 0.780. The number of amides is 1. The van der Waals surface area contributed by atoms with Gasteiger partial charge in [-0.15, -0.1) is 0 Å². The monoisotopic (exact) mass is 329 g/mol. The lowest BCUT2D eigenvalue weighted by atomic mass is 9.85. The molecule has 0 bridgehead atoms. The summed E-state index contributed by atoms with van der Waals surface area (Å²) < 4.78 is 1.28. The third-order valence-corrected chi connectivity index (χ3v) is 3.90.